The highest BCUT2D eigenvalue weighted by Crippen LogP contribution is 2.27. The average molecular weight is 269 g/mol. The summed E-state index contributed by atoms with van der Waals surface area (Å²) in [4.78, 5) is 0. The maximum Gasteiger partial charge on any atom is -0.0414 e. The molecule has 0 bridgehead atoms. The van der Waals surface area contributed by atoms with Crippen molar-refractivity contribution in [2.45, 2.75) is 93.4 Å². The smallest absolute Gasteiger partial charge is 0.0414 e. The second-order valence-corrected chi connectivity index (χ2v) is 7.56. The molecule has 0 aromatic heterocycles. The van der Waals surface area contributed by atoms with Crippen LogP contribution in [0.2, 0.25) is 0 Å². The Morgan fingerprint density at radius 1 is 0.632 bits per heavy atom. The van der Waals surface area contributed by atoms with Gasteiger partial charge in [-0.25, -0.2) is 0 Å². The molecule has 0 heterocycles. The van der Waals surface area contributed by atoms with E-state index in [0.29, 0.717) is 0 Å². The van der Waals surface area contributed by atoms with Gasteiger partial charge >= 0.3 is 0 Å². The fraction of sp³-hybridized carbons (Fsp3) is 1.00. The molecule has 0 N–H and O–H groups in total. The first-order valence-electron chi connectivity index (χ1n) is 8.88. The molecule has 0 aliphatic heterocycles. The van der Waals surface area contributed by atoms with E-state index in [1.54, 1.807) is 0 Å². The molecule has 0 aliphatic rings. The quantitative estimate of drug-likeness (QED) is 0.356. The zero-order valence-electron chi connectivity index (χ0n) is 14.8. The Hall–Kier alpha value is 0. The first-order valence-corrected chi connectivity index (χ1v) is 8.88. The summed E-state index contributed by atoms with van der Waals surface area (Å²) in [6, 6.07) is 0. The van der Waals surface area contributed by atoms with Crippen LogP contribution in [0.3, 0.4) is 0 Å². The van der Waals surface area contributed by atoms with E-state index < -0.39 is 0 Å². The van der Waals surface area contributed by atoms with Gasteiger partial charge in [0.2, 0.25) is 0 Å². The van der Waals surface area contributed by atoms with E-state index in [2.05, 4.69) is 48.5 Å². The average Bonchev–Trinajstić information content (AvgIpc) is 2.37. The molecule has 0 saturated heterocycles. The van der Waals surface area contributed by atoms with E-state index in [1.807, 2.05) is 0 Å². The van der Waals surface area contributed by atoms with Gasteiger partial charge in [-0.15, -0.1) is 0 Å². The van der Waals surface area contributed by atoms with Crippen LogP contribution < -0.4 is 0 Å². The number of unbranched alkanes of at least 4 members (excludes halogenated alkanes) is 2. The molecular formula is C19H40. The number of hydrogen-bond donors (Lipinski definition) is 0. The Balaban J connectivity index is 3.65. The van der Waals surface area contributed by atoms with Gasteiger partial charge in [0.1, 0.15) is 0 Å². The first-order chi connectivity index (χ1) is 8.88. The largest absolute Gasteiger partial charge is 0.0651 e. The van der Waals surface area contributed by atoms with Crippen molar-refractivity contribution in [3.8, 4) is 0 Å². The predicted octanol–water partition coefficient (Wildman–Crippen LogP) is 6.94. The van der Waals surface area contributed by atoms with Gasteiger partial charge in [0.25, 0.3) is 0 Å². The van der Waals surface area contributed by atoms with Crippen LogP contribution in [0.4, 0.5) is 0 Å². The zero-order valence-corrected chi connectivity index (χ0v) is 14.8. The molecule has 0 nitrogen and oxygen atoms in total. The summed E-state index contributed by atoms with van der Waals surface area (Å²) in [5.41, 5.74) is 0. The molecule has 0 spiro atoms. The predicted molar refractivity (Wildman–Crippen MR) is 89.5 cm³/mol. The van der Waals surface area contributed by atoms with Gasteiger partial charge in [-0.05, 0) is 36.0 Å². The molecule has 116 valence electrons. The van der Waals surface area contributed by atoms with Gasteiger partial charge in [-0.1, -0.05) is 87.0 Å². The molecule has 4 unspecified atom stereocenters. The van der Waals surface area contributed by atoms with E-state index in [1.165, 1.54) is 44.9 Å². The maximum atomic E-state index is 2.46. The first kappa shape index (κ1) is 19.0. The molecule has 0 heteroatoms. The van der Waals surface area contributed by atoms with Crippen LogP contribution >= 0.6 is 0 Å². The Morgan fingerprint density at radius 2 is 1.21 bits per heavy atom. The minimum absolute atomic E-state index is 0.838. The van der Waals surface area contributed by atoms with Crippen LogP contribution in [0, 0.1) is 29.6 Å². The summed E-state index contributed by atoms with van der Waals surface area (Å²) >= 11 is 0. The number of hydrogen-bond acceptors (Lipinski definition) is 0. The van der Waals surface area contributed by atoms with Crippen molar-refractivity contribution in [2.24, 2.45) is 29.6 Å². The lowest BCUT2D eigenvalue weighted by Gasteiger charge is -2.25. The van der Waals surface area contributed by atoms with Crippen molar-refractivity contribution in [2.75, 3.05) is 0 Å². The van der Waals surface area contributed by atoms with Gasteiger partial charge in [0, 0.05) is 0 Å². The van der Waals surface area contributed by atoms with Gasteiger partial charge in [-0.2, -0.15) is 0 Å². The van der Waals surface area contributed by atoms with Crippen molar-refractivity contribution in [1.82, 2.24) is 0 Å². The second kappa shape index (κ2) is 10.7. The van der Waals surface area contributed by atoms with E-state index in [4.69, 9.17) is 0 Å². The van der Waals surface area contributed by atoms with Crippen LogP contribution in [-0.4, -0.2) is 0 Å². The molecule has 0 amide bonds. The van der Waals surface area contributed by atoms with Crippen LogP contribution in [0.5, 0.6) is 0 Å². The minimum atomic E-state index is 0.838. The van der Waals surface area contributed by atoms with Gasteiger partial charge in [0.15, 0.2) is 0 Å². The second-order valence-electron chi connectivity index (χ2n) is 7.56. The van der Waals surface area contributed by atoms with Gasteiger partial charge in [0.05, 0.1) is 0 Å². The summed E-state index contributed by atoms with van der Waals surface area (Å²) in [7, 11) is 0. The molecule has 0 fully saturated rings. The SMILES string of the molecule is CCC(C)CCCCCC(C)C(C)CC(C)C(C)C. The molecule has 0 aliphatic carbocycles. The third-order valence-electron chi connectivity index (χ3n) is 5.41. The Morgan fingerprint density at radius 3 is 1.74 bits per heavy atom. The highest BCUT2D eigenvalue weighted by Gasteiger charge is 2.17. The number of rotatable bonds is 11. The molecule has 19 heavy (non-hydrogen) atoms. The molecule has 4 atom stereocenters. The highest BCUT2D eigenvalue weighted by atomic mass is 14.2. The van der Waals surface area contributed by atoms with E-state index >= 15 is 0 Å². The lowest BCUT2D eigenvalue weighted by molar-refractivity contribution is 0.258. The van der Waals surface area contributed by atoms with E-state index in [9.17, 15) is 0 Å². The fourth-order valence-electron chi connectivity index (χ4n) is 2.72. The van der Waals surface area contributed by atoms with Crippen LogP contribution in [-0.2, 0) is 0 Å². The topological polar surface area (TPSA) is 0 Å². The summed E-state index contributed by atoms with van der Waals surface area (Å²) < 4.78 is 0. The molecule has 0 rings (SSSR count). The lowest BCUT2D eigenvalue weighted by Crippen LogP contribution is -2.15. The Labute approximate surface area is 123 Å². The Kier molecular flexibility index (Phi) is 10.7. The maximum absolute atomic E-state index is 2.46. The summed E-state index contributed by atoms with van der Waals surface area (Å²) in [5.74, 6) is 4.45. The van der Waals surface area contributed by atoms with Gasteiger partial charge < -0.3 is 0 Å². The van der Waals surface area contributed by atoms with Crippen LogP contribution in [0.25, 0.3) is 0 Å². The van der Waals surface area contributed by atoms with Crippen molar-refractivity contribution in [3.05, 3.63) is 0 Å². The summed E-state index contributed by atoms with van der Waals surface area (Å²) in [6.07, 6.45) is 9.96. The highest BCUT2D eigenvalue weighted by molar-refractivity contribution is 4.68. The van der Waals surface area contributed by atoms with Crippen LogP contribution in [0.15, 0.2) is 0 Å². The summed E-state index contributed by atoms with van der Waals surface area (Å²) in [6.45, 7) is 16.8. The fourth-order valence-corrected chi connectivity index (χ4v) is 2.72. The minimum Gasteiger partial charge on any atom is -0.0651 e. The lowest BCUT2D eigenvalue weighted by atomic mass is 9.81. The van der Waals surface area contributed by atoms with Crippen molar-refractivity contribution in [3.63, 3.8) is 0 Å². The van der Waals surface area contributed by atoms with Crippen LogP contribution in [0.1, 0.15) is 93.4 Å². The van der Waals surface area contributed by atoms with Crippen molar-refractivity contribution < 1.29 is 0 Å². The van der Waals surface area contributed by atoms with E-state index in [0.717, 1.165) is 29.6 Å². The monoisotopic (exact) mass is 268 g/mol. The normalized spacial score (nSPS) is 18.3. The molecule has 0 saturated carbocycles. The Bertz CT molecular complexity index is 194. The third-order valence-corrected chi connectivity index (χ3v) is 5.41. The third kappa shape index (κ3) is 9.52. The van der Waals surface area contributed by atoms with Crippen molar-refractivity contribution in [1.29, 1.82) is 0 Å². The molecular weight excluding hydrogens is 228 g/mol. The summed E-state index contributed by atoms with van der Waals surface area (Å²) in [5, 5.41) is 0. The van der Waals surface area contributed by atoms with E-state index in [-0.39, 0.29) is 0 Å². The van der Waals surface area contributed by atoms with Gasteiger partial charge in [-0.3, -0.25) is 0 Å². The van der Waals surface area contributed by atoms with Crippen molar-refractivity contribution >= 4 is 0 Å². The molecule has 0 radical (unpaired) electrons. The zero-order chi connectivity index (χ0) is 14.8. The standard InChI is InChI=1S/C19H40/c1-8-16(4)12-10-9-11-13-17(5)19(7)14-18(6)15(2)3/h15-19H,8-14H2,1-7H3. The molecule has 0 aromatic carbocycles. The molecule has 0 aromatic rings.